The highest BCUT2D eigenvalue weighted by Gasteiger charge is 2.50. The molecule has 15 heteroatoms. The number of aromatic nitrogens is 2. The number of piperidine rings is 1. The van der Waals surface area contributed by atoms with Crippen LogP contribution in [0.5, 0.6) is 17.2 Å². The third-order valence-corrected chi connectivity index (χ3v) is 18.2. The summed E-state index contributed by atoms with van der Waals surface area (Å²) in [6, 6.07) is 21.3. The second-order valence-electron chi connectivity index (χ2n) is 20.5. The van der Waals surface area contributed by atoms with E-state index in [4.69, 9.17) is 9.47 Å². The maximum absolute atomic E-state index is 14.1. The number of nitrogens with zero attached hydrogens (tertiary/aromatic N) is 4. The topological polar surface area (TPSA) is 160 Å². The van der Waals surface area contributed by atoms with Crippen molar-refractivity contribution in [2.45, 2.75) is 125 Å². The number of amides is 1. The van der Waals surface area contributed by atoms with Gasteiger partial charge in [0.25, 0.3) is 21.6 Å². The Morgan fingerprint density at radius 1 is 1.00 bits per heavy atom. The lowest BCUT2D eigenvalue weighted by Crippen LogP contribution is -2.54. The SMILES string of the molecule is CC(C)c1ccccc1[C@@H]1CCCN1C1CC2(CCN(c3ccc(C(=O)NS(=O)(=O)c4cc5c(c([N+](=O)[O-])c4)SC(C4CCC(C)(C)CC4)CO5)c(Oc4cnc5[nH]ccc5c4)c3)CC2)C1. The molecule has 4 fully saturated rings. The van der Waals surface area contributed by atoms with Crippen LogP contribution >= 0.6 is 11.8 Å². The summed E-state index contributed by atoms with van der Waals surface area (Å²) in [5, 5.41) is 13.3. The highest BCUT2D eigenvalue weighted by molar-refractivity contribution is 8.00. The van der Waals surface area contributed by atoms with E-state index in [2.05, 4.69) is 76.5 Å². The van der Waals surface area contributed by atoms with Crippen LogP contribution in [0.3, 0.4) is 0 Å². The van der Waals surface area contributed by atoms with E-state index < -0.39 is 25.7 Å². The van der Waals surface area contributed by atoms with Gasteiger partial charge in [0.1, 0.15) is 34.4 Å². The first kappa shape index (κ1) is 44.7. The van der Waals surface area contributed by atoms with Crippen LogP contribution in [0.4, 0.5) is 11.4 Å². The Bertz CT molecular complexity index is 2770. The zero-order chi connectivity index (χ0) is 46.0. The fraction of sp³-hybridized carbons (Fsp3) is 0.490. The predicted molar refractivity (Wildman–Crippen MR) is 257 cm³/mol. The number of fused-ring (bicyclic) bond motifs is 2. The maximum Gasteiger partial charge on any atom is 0.288 e. The summed E-state index contributed by atoms with van der Waals surface area (Å²) in [5.74, 6) is 0.574. The summed E-state index contributed by atoms with van der Waals surface area (Å²) in [5.41, 5.74) is 4.72. The number of nitro benzene ring substituents is 1. The molecule has 2 N–H and O–H groups in total. The predicted octanol–water partition coefficient (Wildman–Crippen LogP) is 11.2. The molecule has 2 saturated heterocycles. The van der Waals surface area contributed by atoms with Crippen molar-refractivity contribution in [1.82, 2.24) is 19.6 Å². The Morgan fingerprint density at radius 3 is 2.53 bits per heavy atom. The number of hydrogen-bond donors (Lipinski definition) is 2. The summed E-state index contributed by atoms with van der Waals surface area (Å²) in [6.45, 7) is 12.3. The zero-order valence-corrected chi connectivity index (χ0v) is 39.9. The number of rotatable bonds is 11. The van der Waals surface area contributed by atoms with Gasteiger partial charge in [0.15, 0.2) is 0 Å². The van der Waals surface area contributed by atoms with E-state index >= 15 is 0 Å². The highest BCUT2D eigenvalue weighted by atomic mass is 32.2. The monoisotopic (exact) mass is 932 g/mol. The van der Waals surface area contributed by atoms with Gasteiger partial charge in [0.2, 0.25) is 0 Å². The second-order valence-corrected chi connectivity index (χ2v) is 23.5. The third-order valence-electron chi connectivity index (χ3n) is 15.4. The molecule has 2 saturated carbocycles. The second kappa shape index (κ2) is 17.5. The maximum atomic E-state index is 14.1. The molecule has 3 aromatic carbocycles. The molecule has 13 nitrogen and oxygen atoms in total. The number of carbonyl (C=O) groups is 1. The van der Waals surface area contributed by atoms with Crippen LogP contribution in [0, 0.1) is 26.9 Å². The van der Waals surface area contributed by atoms with Crippen molar-refractivity contribution < 1.29 is 27.6 Å². The molecule has 2 aromatic heterocycles. The molecule has 3 aliphatic heterocycles. The Hall–Kier alpha value is -5.12. The minimum absolute atomic E-state index is 0.0104. The lowest BCUT2D eigenvalue weighted by molar-refractivity contribution is -0.388. The number of anilines is 1. The number of aromatic amines is 1. The van der Waals surface area contributed by atoms with Gasteiger partial charge in [-0.25, -0.2) is 18.1 Å². The van der Waals surface area contributed by atoms with E-state index in [1.807, 2.05) is 12.1 Å². The number of H-pyrrole nitrogens is 1. The van der Waals surface area contributed by atoms with Crippen molar-refractivity contribution in [2.75, 3.05) is 31.1 Å². The lowest BCUT2D eigenvalue weighted by Gasteiger charge is -2.56. The Balaban J connectivity index is 0.855. The molecule has 2 aliphatic carbocycles. The van der Waals surface area contributed by atoms with E-state index in [0.29, 0.717) is 52.2 Å². The molecule has 5 aromatic rings. The zero-order valence-electron chi connectivity index (χ0n) is 38.3. The van der Waals surface area contributed by atoms with E-state index in [-0.39, 0.29) is 33.4 Å². The highest BCUT2D eigenvalue weighted by Crippen LogP contribution is 2.55. The largest absolute Gasteiger partial charge is 0.491 e. The van der Waals surface area contributed by atoms with Gasteiger partial charge in [-0.2, -0.15) is 0 Å². The lowest BCUT2D eigenvalue weighted by atomic mass is 9.59. The first-order chi connectivity index (χ1) is 31.6. The number of likely N-dealkylation sites (tertiary alicyclic amines) is 1. The molecule has 66 heavy (non-hydrogen) atoms. The number of nitro groups is 1. The van der Waals surface area contributed by atoms with Gasteiger partial charge in [0.05, 0.1) is 21.6 Å². The average molecular weight is 933 g/mol. The van der Waals surface area contributed by atoms with Gasteiger partial charge >= 0.3 is 0 Å². The third kappa shape index (κ3) is 8.78. The molecule has 1 amide bonds. The summed E-state index contributed by atoms with van der Waals surface area (Å²) in [7, 11) is -4.61. The van der Waals surface area contributed by atoms with Crippen LogP contribution in [0.2, 0.25) is 0 Å². The molecule has 348 valence electrons. The van der Waals surface area contributed by atoms with Crippen molar-refractivity contribution in [1.29, 1.82) is 0 Å². The quantitative estimate of drug-likeness (QED) is 0.0958. The fourth-order valence-corrected chi connectivity index (χ4v) is 13.9. The minimum Gasteiger partial charge on any atom is -0.491 e. The molecule has 1 spiro atoms. The van der Waals surface area contributed by atoms with Crippen LogP contribution in [-0.4, -0.2) is 71.6 Å². The number of nitrogens with one attached hydrogen (secondary N) is 2. The number of pyridine rings is 1. The smallest absolute Gasteiger partial charge is 0.288 e. The molecule has 2 atom stereocenters. The van der Waals surface area contributed by atoms with Gasteiger partial charge in [0, 0.05) is 65.9 Å². The van der Waals surface area contributed by atoms with Crippen molar-refractivity contribution in [2.24, 2.45) is 16.7 Å². The van der Waals surface area contributed by atoms with Crippen LogP contribution in [-0.2, 0) is 10.0 Å². The number of hydrogen-bond acceptors (Lipinski definition) is 11. The van der Waals surface area contributed by atoms with E-state index in [1.165, 1.54) is 54.6 Å². The molecule has 1 unspecified atom stereocenters. The number of thioether (sulfide) groups is 1. The Kier molecular flexibility index (Phi) is 11.9. The first-order valence-corrected chi connectivity index (χ1v) is 26.0. The van der Waals surface area contributed by atoms with Gasteiger partial charge in [-0.15, -0.1) is 11.8 Å². The van der Waals surface area contributed by atoms with E-state index in [9.17, 15) is 23.3 Å². The van der Waals surface area contributed by atoms with Crippen LogP contribution in [0.1, 0.15) is 125 Å². The Labute approximate surface area is 391 Å². The molecule has 0 bridgehead atoms. The molecule has 0 radical (unpaired) electrons. The molecule has 5 heterocycles. The standard InChI is InChI=1S/C51H60N6O7S2/c1-32(2)39-8-5-6-9-40(39)42-10-7-21-56(42)36-28-51(29-36)18-22-55(23-19-51)35-11-12-41(44(25-35)64-37-24-34-15-20-52-48(34)53-30-37)49(58)54-66(61,62)38-26-43(57(59)60)47-45(27-38)63-31-46(65-47)33-13-16-50(3,4)17-14-33/h5-6,8-9,11-12,15,20,24-27,30,32-33,36,42,46H,7,10,13-14,16-19,21-23,28-29,31H2,1-4H3,(H,52,53)(H,54,58)/t42-,46?/m0/s1. The summed E-state index contributed by atoms with van der Waals surface area (Å²) >= 11 is 1.40. The molecule has 10 rings (SSSR count). The number of carbonyl (C=O) groups excluding carboxylic acids is 1. The summed E-state index contributed by atoms with van der Waals surface area (Å²) in [6.07, 6.45) is 14.5. The number of sulfonamides is 1. The Morgan fingerprint density at radius 2 is 1.77 bits per heavy atom. The van der Waals surface area contributed by atoms with Gasteiger partial charge in [-0.05, 0) is 129 Å². The van der Waals surface area contributed by atoms with Crippen LogP contribution in [0.25, 0.3) is 11.0 Å². The van der Waals surface area contributed by atoms with Gasteiger partial charge in [-0.1, -0.05) is 52.0 Å². The van der Waals surface area contributed by atoms with E-state index in [1.54, 1.807) is 30.6 Å². The number of benzene rings is 3. The van der Waals surface area contributed by atoms with Gasteiger partial charge < -0.3 is 19.4 Å². The van der Waals surface area contributed by atoms with Crippen molar-refractivity contribution in [3.63, 3.8) is 0 Å². The van der Waals surface area contributed by atoms with Crippen molar-refractivity contribution in [3.8, 4) is 17.2 Å². The average Bonchev–Trinajstić information content (AvgIpc) is 3.98. The van der Waals surface area contributed by atoms with E-state index in [0.717, 1.165) is 75.3 Å². The first-order valence-electron chi connectivity index (χ1n) is 23.7. The number of ether oxygens (including phenoxy) is 2. The molecular weight excluding hydrogens is 873 g/mol. The molecular formula is C51H60N6O7S2. The minimum atomic E-state index is -4.61. The van der Waals surface area contributed by atoms with Crippen molar-refractivity contribution >= 4 is 50.1 Å². The summed E-state index contributed by atoms with van der Waals surface area (Å²) < 4.78 is 42.7. The van der Waals surface area contributed by atoms with Crippen LogP contribution < -0.4 is 19.1 Å². The fourth-order valence-electron chi connectivity index (χ4n) is 11.5. The molecule has 5 aliphatic rings. The normalized spacial score (nSPS) is 22.2. The van der Waals surface area contributed by atoms with Crippen LogP contribution in [0.15, 0.2) is 88.9 Å². The summed E-state index contributed by atoms with van der Waals surface area (Å²) in [4.78, 5) is 38.5. The van der Waals surface area contributed by atoms with Gasteiger partial charge in [-0.3, -0.25) is 19.8 Å². The van der Waals surface area contributed by atoms with Crippen molar-refractivity contribution in [3.05, 3.63) is 106 Å².